The zero-order chi connectivity index (χ0) is 12.1. The molecule has 0 heterocycles. The highest BCUT2D eigenvalue weighted by atomic mass is 35.5. The van der Waals surface area contributed by atoms with Crippen LogP contribution in [0.5, 0.6) is 17.2 Å². The van der Waals surface area contributed by atoms with Crippen molar-refractivity contribution in [2.75, 3.05) is 27.9 Å². The van der Waals surface area contributed by atoms with E-state index < -0.39 is 0 Å². The van der Waals surface area contributed by atoms with Crippen molar-refractivity contribution in [3.8, 4) is 17.2 Å². The van der Waals surface area contributed by atoms with E-state index in [2.05, 4.69) is 0 Å². The van der Waals surface area contributed by atoms with Crippen molar-refractivity contribution in [2.24, 2.45) is 5.73 Å². The average Bonchev–Trinajstić information content (AvgIpc) is 2.35. The number of nitrogens with two attached hydrogens (primary N) is 1. The molecule has 0 radical (unpaired) electrons. The predicted octanol–water partition coefficient (Wildman–Crippen LogP) is 1.28. The van der Waals surface area contributed by atoms with Crippen LogP contribution in [0.3, 0.4) is 0 Å². The number of hydrogen-bond acceptors (Lipinski definition) is 5. The first-order chi connectivity index (χ1) is 7.67. The number of hydrogen-bond donors (Lipinski definition) is 1. The second-order valence-corrected chi connectivity index (χ2v) is 3.04. The molecule has 96 valence electrons. The molecule has 0 aromatic heterocycles. The quantitative estimate of drug-likeness (QED) is 0.809. The van der Waals surface area contributed by atoms with Crippen molar-refractivity contribution in [1.82, 2.24) is 0 Å². The van der Waals surface area contributed by atoms with Crippen molar-refractivity contribution in [2.45, 2.75) is 0 Å². The highest BCUT2D eigenvalue weighted by Crippen LogP contribution is 2.38. The van der Waals surface area contributed by atoms with Crippen LogP contribution in [0.15, 0.2) is 12.1 Å². The molecule has 0 saturated carbocycles. The molecule has 17 heavy (non-hydrogen) atoms. The summed E-state index contributed by atoms with van der Waals surface area (Å²) in [6.07, 6.45) is 0. The van der Waals surface area contributed by atoms with Gasteiger partial charge >= 0.3 is 0 Å². The maximum Gasteiger partial charge on any atom is 0.203 e. The summed E-state index contributed by atoms with van der Waals surface area (Å²) in [6.45, 7) is -0.0569. The number of rotatable bonds is 5. The van der Waals surface area contributed by atoms with Gasteiger partial charge in [-0.05, 0) is 12.1 Å². The first-order valence-corrected chi connectivity index (χ1v) is 4.71. The van der Waals surface area contributed by atoms with Gasteiger partial charge in [0.15, 0.2) is 17.3 Å². The monoisotopic (exact) mass is 261 g/mol. The molecule has 1 aromatic rings. The van der Waals surface area contributed by atoms with Gasteiger partial charge in [-0.15, -0.1) is 12.4 Å². The SMILES string of the molecule is COc1cc(C(=O)CN)cc(OC)c1OC.Cl. The second kappa shape index (κ2) is 6.98. The van der Waals surface area contributed by atoms with Crippen LogP contribution in [0.2, 0.25) is 0 Å². The summed E-state index contributed by atoms with van der Waals surface area (Å²) in [6, 6.07) is 3.16. The molecule has 0 fully saturated rings. The Morgan fingerprint density at radius 3 is 1.88 bits per heavy atom. The van der Waals surface area contributed by atoms with Crippen LogP contribution in [-0.4, -0.2) is 33.7 Å². The number of benzene rings is 1. The Balaban J connectivity index is 0.00000256. The normalized spacial score (nSPS) is 9.18. The summed E-state index contributed by atoms with van der Waals surface area (Å²) in [5.41, 5.74) is 5.74. The van der Waals surface area contributed by atoms with Crippen molar-refractivity contribution in [3.05, 3.63) is 17.7 Å². The lowest BCUT2D eigenvalue weighted by atomic mass is 10.1. The summed E-state index contributed by atoms with van der Waals surface area (Å²) in [7, 11) is 4.49. The van der Waals surface area contributed by atoms with Crippen molar-refractivity contribution in [1.29, 1.82) is 0 Å². The van der Waals surface area contributed by atoms with Crippen molar-refractivity contribution in [3.63, 3.8) is 0 Å². The summed E-state index contributed by atoms with van der Waals surface area (Å²) >= 11 is 0. The topological polar surface area (TPSA) is 70.8 Å². The number of ketones is 1. The van der Waals surface area contributed by atoms with Crippen LogP contribution < -0.4 is 19.9 Å². The van der Waals surface area contributed by atoms with Crippen molar-refractivity contribution < 1.29 is 19.0 Å². The smallest absolute Gasteiger partial charge is 0.203 e. The Kier molecular flexibility index (Phi) is 6.38. The molecule has 0 unspecified atom stereocenters. The minimum Gasteiger partial charge on any atom is -0.493 e. The molecule has 6 heteroatoms. The summed E-state index contributed by atoms with van der Waals surface area (Å²) in [4.78, 5) is 11.5. The van der Waals surface area contributed by atoms with Gasteiger partial charge < -0.3 is 19.9 Å². The summed E-state index contributed by atoms with van der Waals surface area (Å²) in [5, 5.41) is 0. The van der Waals surface area contributed by atoms with Crippen LogP contribution in [0.1, 0.15) is 10.4 Å². The molecule has 0 amide bonds. The fourth-order valence-corrected chi connectivity index (χ4v) is 1.36. The molecule has 0 aliphatic carbocycles. The maximum atomic E-state index is 11.5. The van der Waals surface area contributed by atoms with E-state index in [1.165, 1.54) is 21.3 Å². The second-order valence-electron chi connectivity index (χ2n) is 3.04. The van der Waals surface area contributed by atoms with Gasteiger partial charge in [0.1, 0.15) is 0 Å². The number of halogens is 1. The van der Waals surface area contributed by atoms with Crippen LogP contribution in [0.4, 0.5) is 0 Å². The Morgan fingerprint density at radius 1 is 1.12 bits per heavy atom. The molecule has 1 rings (SSSR count). The number of methoxy groups -OCH3 is 3. The standard InChI is InChI=1S/C11H15NO4.ClH/c1-14-9-4-7(8(13)6-12)5-10(15-2)11(9)16-3;/h4-5H,6,12H2,1-3H3;1H. The molecule has 0 aliphatic rings. The van der Waals surface area contributed by atoms with Crippen molar-refractivity contribution >= 4 is 18.2 Å². The molecular weight excluding hydrogens is 246 g/mol. The third-order valence-electron chi connectivity index (χ3n) is 2.17. The largest absolute Gasteiger partial charge is 0.493 e. The zero-order valence-corrected chi connectivity index (χ0v) is 10.8. The van der Waals surface area contributed by atoms with E-state index in [-0.39, 0.29) is 24.7 Å². The zero-order valence-electron chi connectivity index (χ0n) is 9.98. The van der Waals surface area contributed by atoms with Crippen LogP contribution in [0.25, 0.3) is 0 Å². The lowest BCUT2D eigenvalue weighted by molar-refractivity contribution is 0.100. The Labute approximate surface area is 106 Å². The van der Waals surface area contributed by atoms with E-state index in [9.17, 15) is 4.79 Å². The molecule has 1 aromatic carbocycles. The number of ether oxygens (including phenoxy) is 3. The number of carbonyl (C=O) groups excluding carboxylic acids is 1. The highest BCUT2D eigenvalue weighted by molar-refractivity contribution is 5.98. The van der Waals surface area contributed by atoms with Gasteiger partial charge in [0.05, 0.1) is 27.9 Å². The lowest BCUT2D eigenvalue weighted by Gasteiger charge is -2.13. The Hall–Kier alpha value is -1.46. The minimum absolute atomic E-state index is 0. The first-order valence-electron chi connectivity index (χ1n) is 4.71. The van der Waals surface area contributed by atoms with E-state index in [1.807, 2.05) is 0 Å². The van der Waals surface area contributed by atoms with Gasteiger partial charge in [-0.25, -0.2) is 0 Å². The fraction of sp³-hybridized carbons (Fsp3) is 0.364. The Bertz CT molecular complexity index is 370. The predicted molar refractivity (Wildman–Crippen MR) is 66.7 cm³/mol. The molecule has 0 atom stereocenters. The number of carbonyl (C=O) groups is 1. The highest BCUT2D eigenvalue weighted by Gasteiger charge is 2.15. The number of Topliss-reactive ketones (excluding diaryl/α,β-unsaturated/α-hetero) is 1. The molecule has 5 nitrogen and oxygen atoms in total. The van der Waals surface area contributed by atoms with Gasteiger partial charge in [-0.2, -0.15) is 0 Å². The van der Waals surface area contributed by atoms with Gasteiger partial charge in [-0.1, -0.05) is 0 Å². The van der Waals surface area contributed by atoms with E-state index >= 15 is 0 Å². The fourth-order valence-electron chi connectivity index (χ4n) is 1.36. The molecular formula is C11H16ClNO4. The lowest BCUT2D eigenvalue weighted by Crippen LogP contribution is -2.14. The minimum atomic E-state index is -0.181. The summed E-state index contributed by atoms with van der Waals surface area (Å²) < 4.78 is 15.4. The maximum absolute atomic E-state index is 11.5. The van der Waals surface area contributed by atoms with E-state index in [0.29, 0.717) is 22.8 Å². The first kappa shape index (κ1) is 15.5. The van der Waals surface area contributed by atoms with E-state index in [1.54, 1.807) is 12.1 Å². The van der Waals surface area contributed by atoms with Gasteiger partial charge in [0.2, 0.25) is 5.75 Å². The third-order valence-corrected chi connectivity index (χ3v) is 2.17. The van der Waals surface area contributed by atoms with Gasteiger partial charge in [0.25, 0.3) is 0 Å². The third kappa shape index (κ3) is 3.25. The molecule has 2 N–H and O–H groups in total. The van der Waals surface area contributed by atoms with Gasteiger partial charge in [0, 0.05) is 5.56 Å². The molecule has 0 bridgehead atoms. The van der Waals surface area contributed by atoms with E-state index in [4.69, 9.17) is 19.9 Å². The van der Waals surface area contributed by atoms with Crippen LogP contribution in [-0.2, 0) is 0 Å². The van der Waals surface area contributed by atoms with E-state index in [0.717, 1.165) is 0 Å². The molecule has 0 aliphatic heterocycles. The van der Waals surface area contributed by atoms with Crippen LogP contribution in [0, 0.1) is 0 Å². The summed E-state index contributed by atoms with van der Waals surface area (Å²) in [5.74, 6) is 1.16. The van der Waals surface area contributed by atoms with Gasteiger partial charge in [-0.3, -0.25) is 4.79 Å². The molecule has 0 saturated heterocycles. The van der Waals surface area contributed by atoms with Crippen LogP contribution >= 0.6 is 12.4 Å². The Morgan fingerprint density at radius 2 is 1.59 bits per heavy atom. The average molecular weight is 262 g/mol. The molecule has 0 spiro atoms.